The molecule has 0 bridgehead atoms. The summed E-state index contributed by atoms with van der Waals surface area (Å²) in [4.78, 5) is 49.6. The Labute approximate surface area is 186 Å². The van der Waals surface area contributed by atoms with Crippen LogP contribution in [0.2, 0.25) is 0 Å². The molecule has 1 aliphatic rings. The highest BCUT2D eigenvalue weighted by Gasteiger charge is 2.34. The molecule has 32 heavy (non-hydrogen) atoms. The van der Waals surface area contributed by atoms with E-state index in [0.717, 1.165) is 11.1 Å². The van der Waals surface area contributed by atoms with E-state index in [1.165, 1.54) is 4.90 Å². The van der Waals surface area contributed by atoms with Crippen molar-refractivity contribution in [2.45, 2.75) is 26.7 Å². The molecule has 1 aliphatic heterocycles. The van der Waals surface area contributed by atoms with E-state index < -0.39 is 0 Å². The van der Waals surface area contributed by atoms with Gasteiger partial charge in [0, 0.05) is 26.1 Å². The van der Waals surface area contributed by atoms with Crippen LogP contribution in [0, 0.1) is 13.8 Å². The molecular formula is C24H27N3O5. The van der Waals surface area contributed by atoms with Crippen molar-refractivity contribution in [3.05, 3.63) is 64.7 Å². The lowest BCUT2D eigenvalue weighted by molar-refractivity contribution is -0.124. The number of carbonyl (C=O) groups is 4. The molecule has 0 spiro atoms. The third-order valence-electron chi connectivity index (χ3n) is 5.12. The Morgan fingerprint density at radius 3 is 2.16 bits per heavy atom. The fourth-order valence-corrected chi connectivity index (χ4v) is 3.49. The molecule has 4 amide bonds. The Bertz CT molecular complexity index is 999. The van der Waals surface area contributed by atoms with Crippen molar-refractivity contribution in [2.24, 2.45) is 0 Å². The van der Waals surface area contributed by atoms with Gasteiger partial charge in [-0.2, -0.15) is 0 Å². The lowest BCUT2D eigenvalue weighted by Gasteiger charge is -2.13. The quantitative estimate of drug-likeness (QED) is 0.437. The van der Waals surface area contributed by atoms with Crippen molar-refractivity contribution in [3.63, 3.8) is 0 Å². The summed E-state index contributed by atoms with van der Waals surface area (Å²) < 4.78 is 5.52. The van der Waals surface area contributed by atoms with Gasteiger partial charge in [-0.15, -0.1) is 0 Å². The zero-order valence-electron chi connectivity index (χ0n) is 18.3. The molecule has 0 aliphatic carbocycles. The van der Waals surface area contributed by atoms with Crippen LogP contribution in [0.3, 0.4) is 0 Å². The molecule has 1 heterocycles. The number of nitrogens with one attached hydrogen (secondary N) is 2. The van der Waals surface area contributed by atoms with Gasteiger partial charge >= 0.3 is 0 Å². The van der Waals surface area contributed by atoms with Crippen LogP contribution >= 0.6 is 0 Å². The number of nitrogens with zero attached hydrogens (tertiary/aromatic N) is 1. The van der Waals surface area contributed by atoms with Crippen molar-refractivity contribution in [2.75, 3.05) is 26.2 Å². The maximum atomic E-state index is 12.3. The first-order valence-electron chi connectivity index (χ1n) is 10.6. The molecule has 8 nitrogen and oxygen atoms in total. The summed E-state index contributed by atoms with van der Waals surface area (Å²) in [7, 11) is 0. The molecule has 0 aromatic heterocycles. The summed E-state index contributed by atoms with van der Waals surface area (Å²) in [6.45, 7) is 4.55. The number of aryl methyl sites for hydroxylation is 2. The van der Waals surface area contributed by atoms with Gasteiger partial charge in [0.05, 0.1) is 11.1 Å². The molecule has 0 fully saturated rings. The predicted octanol–water partition coefficient (Wildman–Crippen LogP) is 1.99. The van der Waals surface area contributed by atoms with E-state index in [1.54, 1.807) is 24.3 Å². The maximum Gasteiger partial charge on any atom is 0.261 e. The van der Waals surface area contributed by atoms with Crippen LogP contribution in [-0.4, -0.2) is 54.8 Å². The molecule has 2 aromatic rings. The molecule has 0 radical (unpaired) electrons. The summed E-state index contributed by atoms with van der Waals surface area (Å²) >= 11 is 0. The Kier molecular flexibility index (Phi) is 7.59. The lowest BCUT2D eigenvalue weighted by atomic mass is 10.1. The lowest BCUT2D eigenvalue weighted by Crippen LogP contribution is -2.37. The van der Waals surface area contributed by atoms with Crippen molar-refractivity contribution in [3.8, 4) is 5.75 Å². The van der Waals surface area contributed by atoms with Gasteiger partial charge in [-0.3, -0.25) is 24.1 Å². The van der Waals surface area contributed by atoms with Gasteiger partial charge in [-0.25, -0.2) is 0 Å². The number of carbonyl (C=O) groups excluding carboxylic acids is 4. The van der Waals surface area contributed by atoms with E-state index >= 15 is 0 Å². The fourth-order valence-electron chi connectivity index (χ4n) is 3.49. The van der Waals surface area contributed by atoms with Crippen LogP contribution in [0.25, 0.3) is 0 Å². The minimum absolute atomic E-state index is 0.0991. The zero-order chi connectivity index (χ0) is 23.1. The van der Waals surface area contributed by atoms with Gasteiger partial charge < -0.3 is 15.4 Å². The van der Waals surface area contributed by atoms with Crippen molar-refractivity contribution in [1.29, 1.82) is 0 Å². The number of imide groups is 1. The van der Waals surface area contributed by atoms with E-state index in [-0.39, 0.29) is 56.3 Å². The first-order valence-corrected chi connectivity index (χ1v) is 10.6. The third kappa shape index (κ3) is 5.72. The van der Waals surface area contributed by atoms with Gasteiger partial charge in [0.15, 0.2) is 6.61 Å². The summed E-state index contributed by atoms with van der Waals surface area (Å²) in [6, 6.07) is 12.4. The largest absolute Gasteiger partial charge is 0.484 e. The highest BCUT2D eigenvalue weighted by Crippen LogP contribution is 2.22. The van der Waals surface area contributed by atoms with Gasteiger partial charge in [0.1, 0.15) is 5.75 Å². The highest BCUT2D eigenvalue weighted by atomic mass is 16.5. The molecule has 168 valence electrons. The average Bonchev–Trinajstić information content (AvgIpc) is 3.01. The second-order valence-corrected chi connectivity index (χ2v) is 7.67. The van der Waals surface area contributed by atoms with Gasteiger partial charge in [-0.1, -0.05) is 29.8 Å². The second kappa shape index (κ2) is 10.6. The average molecular weight is 437 g/mol. The smallest absolute Gasteiger partial charge is 0.261 e. The van der Waals surface area contributed by atoms with Crippen LogP contribution in [0.5, 0.6) is 5.75 Å². The van der Waals surface area contributed by atoms with Crippen LogP contribution in [0.4, 0.5) is 0 Å². The second-order valence-electron chi connectivity index (χ2n) is 7.67. The van der Waals surface area contributed by atoms with E-state index in [4.69, 9.17) is 4.74 Å². The molecule has 2 aromatic carbocycles. The number of rotatable bonds is 10. The van der Waals surface area contributed by atoms with Gasteiger partial charge in [-0.05, 0) is 44.0 Å². The van der Waals surface area contributed by atoms with Gasteiger partial charge in [0.2, 0.25) is 5.91 Å². The van der Waals surface area contributed by atoms with Crippen LogP contribution in [0.15, 0.2) is 42.5 Å². The molecule has 2 N–H and O–H groups in total. The first-order chi connectivity index (χ1) is 15.4. The van der Waals surface area contributed by atoms with Gasteiger partial charge in [0.25, 0.3) is 17.7 Å². The maximum absolute atomic E-state index is 12.3. The molecule has 0 saturated carbocycles. The summed E-state index contributed by atoms with van der Waals surface area (Å²) in [5, 5.41) is 5.39. The van der Waals surface area contributed by atoms with Crippen LogP contribution in [0.1, 0.15) is 44.7 Å². The van der Waals surface area contributed by atoms with E-state index in [1.807, 2.05) is 32.0 Å². The fraction of sp³-hybridized carbons (Fsp3) is 0.333. The number of ether oxygens (including phenoxy) is 1. The molecule has 0 saturated heterocycles. The molecule has 3 rings (SSSR count). The standard InChI is InChI=1S/C24H27N3O5/c1-16-9-10-20(17(2)14-16)32-15-22(29)26-12-11-25-21(28)8-5-13-27-23(30)18-6-3-4-7-19(18)24(27)31/h3-4,6-7,9-10,14H,5,8,11-13,15H2,1-2H3,(H,25,28)(H,26,29). The minimum Gasteiger partial charge on any atom is -0.484 e. The summed E-state index contributed by atoms with van der Waals surface area (Å²) in [6.07, 6.45) is 0.546. The number of fused-ring (bicyclic) bond motifs is 1. The van der Waals surface area contributed by atoms with Crippen molar-refractivity contribution >= 4 is 23.6 Å². The van der Waals surface area contributed by atoms with E-state index in [2.05, 4.69) is 10.6 Å². The number of hydrogen-bond donors (Lipinski definition) is 2. The molecular weight excluding hydrogens is 410 g/mol. The summed E-state index contributed by atoms with van der Waals surface area (Å²) in [5.74, 6) is -0.460. The van der Waals surface area contributed by atoms with E-state index in [0.29, 0.717) is 23.3 Å². The zero-order valence-corrected chi connectivity index (χ0v) is 18.3. The number of amides is 4. The number of benzene rings is 2. The van der Waals surface area contributed by atoms with Crippen molar-refractivity contribution in [1.82, 2.24) is 15.5 Å². The Hall–Kier alpha value is -3.68. The monoisotopic (exact) mass is 437 g/mol. The Balaban J connectivity index is 1.28. The van der Waals surface area contributed by atoms with E-state index in [9.17, 15) is 19.2 Å². The minimum atomic E-state index is -0.322. The normalized spacial score (nSPS) is 12.5. The molecule has 0 unspecified atom stereocenters. The van der Waals surface area contributed by atoms with Crippen molar-refractivity contribution < 1.29 is 23.9 Å². The number of hydrogen-bond acceptors (Lipinski definition) is 5. The van der Waals surface area contributed by atoms with Crippen LogP contribution in [-0.2, 0) is 9.59 Å². The first kappa shape index (κ1) is 23.0. The molecule has 0 atom stereocenters. The predicted molar refractivity (Wildman–Crippen MR) is 118 cm³/mol. The van der Waals surface area contributed by atoms with Crippen LogP contribution < -0.4 is 15.4 Å². The third-order valence-corrected chi connectivity index (χ3v) is 5.12. The SMILES string of the molecule is Cc1ccc(OCC(=O)NCCNC(=O)CCCN2C(=O)c3ccccc3C2=O)c(C)c1. The summed E-state index contributed by atoms with van der Waals surface area (Å²) in [5.41, 5.74) is 2.89. The topological polar surface area (TPSA) is 105 Å². The Morgan fingerprint density at radius 2 is 1.53 bits per heavy atom. The Morgan fingerprint density at radius 1 is 0.906 bits per heavy atom. The highest BCUT2D eigenvalue weighted by molar-refractivity contribution is 6.21. The molecule has 8 heteroatoms.